The van der Waals surface area contributed by atoms with E-state index < -0.39 is 0 Å². The van der Waals surface area contributed by atoms with Crippen LogP contribution >= 0.6 is 45.2 Å². The largest absolute Gasteiger partial charge is 0.511 e. The van der Waals surface area contributed by atoms with Crippen molar-refractivity contribution in [1.82, 2.24) is 0 Å². The van der Waals surface area contributed by atoms with Crippen molar-refractivity contribution in [2.24, 2.45) is 0 Å². The van der Waals surface area contributed by atoms with Crippen LogP contribution in [-0.2, 0) is 0 Å². The van der Waals surface area contributed by atoms with Gasteiger partial charge in [0.15, 0.2) is 0 Å². The highest BCUT2D eigenvalue weighted by molar-refractivity contribution is 14.1. The van der Waals surface area contributed by atoms with E-state index in [1.165, 1.54) is 3.58 Å². The highest BCUT2D eigenvalue weighted by Crippen LogP contribution is 2.29. The second-order valence-corrected chi connectivity index (χ2v) is 4.43. The lowest BCUT2D eigenvalue weighted by Gasteiger charge is -2.07. The number of aliphatic hydroxyl groups excluding tert-OH is 1. The molecule has 0 fully saturated rings. The predicted octanol–water partition coefficient (Wildman–Crippen LogP) is 3.30. The third kappa shape index (κ3) is 2.10. The van der Waals surface area contributed by atoms with E-state index in [0.717, 1.165) is 16.4 Å². The molecule has 0 radical (unpaired) electrons. The Morgan fingerprint density at radius 1 is 1.33 bits per heavy atom. The summed E-state index contributed by atoms with van der Waals surface area (Å²) in [5, 5.41) is 9.12. The van der Waals surface area contributed by atoms with Crippen molar-refractivity contribution in [3.05, 3.63) is 19.0 Å². The van der Waals surface area contributed by atoms with E-state index in [0.29, 0.717) is 5.76 Å². The van der Waals surface area contributed by atoms with Crippen LogP contribution in [0.3, 0.4) is 0 Å². The predicted molar refractivity (Wildman–Crippen MR) is 55.0 cm³/mol. The minimum absolute atomic E-state index is 0.538. The molecule has 0 spiro atoms. The maximum absolute atomic E-state index is 9.12. The SMILES string of the molecule is OC1=C(I)C=C(I)CC1. The van der Waals surface area contributed by atoms with Gasteiger partial charge in [-0.15, -0.1) is 0 Å². The molecule has 9 heavy (non-hydrogen) atoms. The van der Waals surface area contributed by atoms with E-state index in [9.17, 15) is 0 Å². The van der Waals surface area contributed by atoms with E-state index in [-0.39, 0.29) is 0 Å². The standard InChI is InChI=1S/C6H6I2O/c7-4-1-2-6(9)5(8)3-4/h3,9H,1-2H2. The molecule has 0 bridgehead atoms. The van der Waals surface area contributed by atoms with Crippen molar-refractivity contribution in [2.75, 3.05) is 0 Å². The first kappa shape index (κ1) is 7.84. The Labute approximate surface area is 81.5 Å². The molecule has 0 amide bonds. The lowest BCUT2D eigenvalue weighted by atomic mass is 10.2. The fourth-order valence-electron chi connectivity index (χ4n) is 0.650. The summed E-state index contributed by atoms with van der Waals surface area (Å²) in [6.45, 7) is 0. The summed E-state index contributed by atoms with van der Waals surface area (Å²) in [4.78, 5) is 0. The quantitative estimate of drug-likeness (QED) is 0.667. The summed E-state index contributed by atoms with van der Waals surface area (Å²) in [7, 11) is 0. The number of rotatable bonds is 0. The Balaban J connectivity index is 2.83. The second kappa shape index (κ2) is 3.23. The van der Waals surface area contributed by atoms with Crippen molar-refractivity contribution in [2.45, 2.75) is 12.8 Å². The maximum Gasteiger partial charge on any atom is 0.106 e. The van der Waals surface area contributed by atoms with Crippen molar-refractivity contribution in [1.29, 1.82) is 0 Å². The normalized spacial score (nSPS) is 20.0. The van der Waals surface area contributed by atoms with E-state index in [2.05, 4.69) is 45.2 Å². The van der Waals surface area contributed by atoms with E-state index in [4.69, 9.17) is 5.11 Å². The molecule has 50 valence electrons. The fraction of sp³-hybridized carbons (Fsp3) is 0.333. The Morgan fingerprint density at radius 2 is 2.00 bits per heavy atom. The molecule has 0 atom stereocenters. The van der Waals surface area contributed by atoms with Crippen LogP contribution in [0.25, 0.3) is 0 Å². The topological polar surface area (TPSA) is 20.2 Å². The molecular formula is C6H6I2O. The molecule has 1 rings (SSSR count). The number of allylic oxidation sites excluding steroid dienone is 4. The third-order valence-electron chi connectivity index (χ3n) is 1.16. The molecule has 0 aromatic carbocycles. The van der Waals surface area contributed by atoms with Gasteiger partial charge in [-0.05, 0) is 61.3 Å². The van der Waals surface area contributed by atoms with Crippen molar-refractivity contribution < 1.29 is 5.11 Å². The van der Waals surface area contributed by atoms with Gasteiger partial charge >= 0.3 is 0 Å². The van der Waals surface area contributed by atoms with Crippen molar-refractivity contribution >= 4 is 45.2 Å². The van der Waals surface area contributed by atoms with Crippen LogP contribution in [-0.4, -0.2) is 5.11 Å². The molecule has 1 nitrogen and oxygen atoms in total. The van der Waals surface area contributed by atoms with Gasteiger partial charge in [0.1, 0.15) is 5.76 Å². The minimum atomic E-state index is 0.538. The molecule has 0 aromatic rings. The highest BCUT2D eigenvalue weighted by Gasteiger charge is 2.07. The molecule has 0 aliphatic heterocycles. The van der Waals surface area contributed by atoms with Gasteiger partial charge in [0.25, 0.3) is 0 Å². The van der Waals surface area contributed by atoms with E-state index >= 15 is 0 Å². The maximum atomic E-state index is 9.12. The molecule has 0 saturated carbocycles. The smallest absolute Gasteiger partial charge is 0.106 e. The Morgan fingerprint density at radius 3 is 2.44 bits per heavy atom. The Bertz CT molecular complexity index is 181. The van der Waals surface area contributed by atoms with Crippen molar-refractivity contribution in [3.8, 4) is 0 Å². The van der Waals surface area contributed by atoms with Crippen LogP contribution in [0, 0.1) is 0 Å². The van der Waals surface area contributed by atoms with E-state index in [1.807, 2.05) is 6.08 Å². The van der Waals surface area contributed by atoms with Crippen LogP contribution < -0.4 is 0 Å². The average Bonchev–Trinajstić information content (AvgIpc) is 1.80. The first-order chi connectivity index (χ1) is 4.20. The lowest BCUT2D eigenvalue weighted by Crippen LogP contribution is -1.90. The van der Waals surface area contributed by atoms with Crippen LogP contribution in [0.2, 0.25) is 0 Å². The number of halogens is 2. The average molecular weight is 348 g/mol. The summed E-state index contributed by atoms with van der Waals surface area (Å²) in [5.74, 6) is 0.538. The monoisotopic (exact) mass is 348 g/mol. The summed E-state index contributed by atoms with van der Waals surface area (Å²) >= 11 is 4.44. The van der Waals surface area contributed by atoms with E-state index in [1.54, 1.807) is 0 Å². The molecule has 1 N–H and O–H groups in total. The highest BCUT2D eigenvalue weighted by atomic mass is 127. The van der Waals surface area contributed by atoms with Crippen molar-refractivity contribution in [3.63, 3.8) is 0 Å². The summed E-state index contributed by atoms with van der Waals surface area (Å²) < 4.78 is 2.32. The third-order valence-corrected chi connectivity index (χ3v) is 2.94. The fourth-order valence-corrected chi connectivity index (χ4v) is 2.47. The Kier molecular flexibility index (Phi) is 2.81. The summed E-state index contributed by atoms with van der Waals surface area (Å²) in [5.41, 5.74) is 0. The van der Waals surface area contributed by atoms with Gasteiger partial charge in [-0.1, -0.05) is 0 Å². The summed E-state index contributed by atoms with van der Waals surface area (Å²) in [6, 6.07) is 0. The molecule has 0 unspecified atom stereocenters. The number of hydrogen-bond acceptors (Lipinski definition) is 1. The molecule has 0 aromatic heterocycles. The zero-order valence-electron chi connectivity index (χ0n) is 4.69. The number of aliphatic hydroxyl groups is 1. The van der Waals surface area contributed by atoms with Gasteiger partial charge in [0.05, 0.1) is 3.58 Å². The van der Waals surface area contributed by atoms with Crippen LogP contribution in [0.1, 0.15) is 12.8 Å². The number of hydrogen-bond donors (Lipinski definition) is 1. The van der Waals surface area contributed by atoms with Crippen LogP contribution in [0.4, 0.5) is 0 Å². The van der Waals surface area contributed by atoms with Gasteiger partial charge in [0, 0.05) is 6.42 Å². The van der Waals surface area contributed by atoms with Crippen LogP contribution in [0.5, 0.6) is 0 Å². The summed E-state index contributed by atoms with van der Waals surface area (Å²) in [6.07, 6.45) is 3.83. The second-order valence-electron chi connectivity index (χ2n) is 1.89. The van der Waals surface area contributed by atoms with Gasteiger partial charge < -0.3 is 5.11 Å². The van der Waals surface area contributed by atoms with Crippen LogP contribution in [0.15, 0.2) is 19.0 Å². The van der Waals surface area contributed by atoms with Gasteiger partial charge in [-0.2, -0.15) is 0 Å². The first-order valence-corrected chi connectivity index (χ1v) is 4.79. The molecule has 0 saturated heterocycles. The molecule has 3 heteroatoms. The minimum Gasteiger partial charge on any atom is -0.511 e. The lowest BCUT2D eigenvalue weighted by molar-refractivity contribution is 0.386. The molecular weight excluding hydrogens is 342 g/mol. The first-order valence-electron chi connectivity index (χ1n) is 2.64. The molecule has 0 heterocycles. The van der Waals surface area contributed by atoms with Gasteiger partial charge in [-0.3, -0.25) is 0 Å². The zero-order valence-corrected chi connectivity index (χ0v) is 9.01. The zero-order chi connectivity index (χ0) is 6.85. The molecule has 1 aliphatic rings. The molecule has 1 aliphatic carbocycles. The van der Waals surface area contributed by atoms with Gasteiger partial charge in [0.2, 0.25) is 0 Å². The van der Waals surface area contributed by atoms with Gasteiger partial charge in [-0.25, -0.2) is 0 Å². The Hall–Kier alpha value is 0.740.